The maximum Gasteiger partial charge on any atom is 0.226 e. The smallest absolute Gasteiger partial charge is 0.226 e. The third-order valence-corrected chi connectivity index (χ3v) is 3.92. The van der Waals surface area contributed by atoms with Crippen molar-refractivity contribution in [2.75, 3.05) is 11.4 Å². The second kappa shape index (κ2) is 4.31. The number of anilines is 1. The van der Waals surface area contributed by atoms with E-state index in [-0.39, 0.29) is 0 Å². The first-order valence-corrected chi connectivity index (χ1v) is 6.77. The van der Waals surface area contributed by atoms with Crippen LogP contribution in [0, 0.1) is 0 Å². The van der Waals surface area contributed by atoms with Gasteiger partial charge in [0.2, 0.25) is 5.95 Å². The van der Waals surface area contributed by atoms with Gasteiger partial charge in [-0.05, 0) is 11.1 Å². The second-order valence-electron chi connectivity index (χ2n) is 5.19. The van der Waals surface area contributed by atoms with Gasteiger partial charge in [0.15, 0.2) is 0 Å². The van der Waals surface area contributed by atoms with E-state index in [1.165, 1.54) is 22.4 Å². The zero-order valence-corrected chi connectivity index (χ0v) is 10.8. The second-order valence-corrected chi connectivity index (χ2v) is 5.19. The highest BCUT2D eigenvalue weighted by Gasteiger charge is 2.21. The maximum atomic E-state index is 4.75. The van der Waals surface area contributed by atoms with Crippen LogP contribution in [0.15, 0.2) is 30.5 Å². The molecule has 0 saturated carbocycles. The predicted octanol–water partition coefficient (Wildman–Crippen LogP) is 1.64. The topological polar surface area (TPSA) is 41.1 Å². The number of rotatable bonds is 1. The van der Waals surface area contributed by atoms with Crippen LogP contribution in [0.5, 0.6) is 0 Å². The average molecular weight is 252 g/mol. The molecule has 4 heteroatoms. The molecule has 0 amide bonds. The van der Waals surface area contributed by atoms with E-state index in [0.29, 0.717) is 0 Å². The summed E-state index contributed by atoms with van der Waals surface area (Å²) in [4.78, 5) is 11.5. The Morgan fingerprint density at radius 3 is 2.63 bits per heavy atom. The van der Waals surface area contributed by atoms with Gasteiger partial charge in [-0.2, -0.15) is 0 Å². The van der Waals surface area contributed by atoms with Crippen molar-refractivity contribution in [2.24, 2.45) is 0 Å². The number of hydrogen-bond donors (Lipinski definition) is 1. The minimum Gasteiger partial charge on any atom is -0.332 e. The highest BCUT2D eigenvalue weighted by Crippen LogP contribution is 2.26. The van der Waals surface area contributed by atoms with Gasteiger partial charge in [0.1, 0.15) is 0 Å². The third-order valence-electron chi connectivity index (χ3n) is 3.92. The Morgan fingerprint density at radius 2 is 1.84 bits per heavy atom. The van der Waals surface area contributed by atoms with Crippen molar-refractivity contribution < 1.29 is 0 Å². The Bertz CT molecular complexity index is 598. The van der Waals surface area contributed by atoms with Gasteiger partial charge < -0.3 is 10.2 Å². The van der Waals surface area contributed by atoms with Gasteiger partial charge in [0, 0.05) is 44.4 Å². The lowest BCUT2D eigenvalue weighted by Gasteiger charge is -2.20. The summed E-state index contributed by atoms with van der Waals surface area (Å²) in [5, 5.41) is 3.35. The van der Waals surface area contributed by atoms with Crippen molar-refractivity contribution >= 4 is 5.95 Å². The van der Waals surface area contributed by atoms with Crippen molar-refractivity contribution in [1.29, 1.82) is 0 Å². The largest absolute Gasteiger partial charge is 0.332 e. The molecule has 4 nitrogen and oxygen atoms in total. The first kappa shape index (κ1) is 10.9. The van der Waals surface area contributed by atoms with E-state index in [0.717, 1.165) is 38.5 Å². The lowest BCUT2D eigenvalue weighted by molar-refractivity contribution is 0.623. The van der Waals surface area contributed by atoms with Crippen LogP contribution in [0.2, 0.25) is 0 Å². The highest BCUT2D eigenvalue weighted by atomic mass is 15.3. The molecular formula is C15H16N4. The van der Waals surface area contributed by atoms with Crippen LogP contribution in [0.25, 0.3) is 0 Å². The van der Waals surface area contributed by atoms with Crippen LogP contribution in [-0.4, -0.2) is 16.5 Å². The summed E-state index contributed by atoms with van der Waals surface area (Å²) in [6.45, 7) is 3.76. The van der Waals surface area contributed by atoms with E-state index in [1.807, 2.05) is 6.20 Å². The van der Waals surface area contributed by atoms with E-state index in [4.69, 9.17) is 4.98 Å². The Balaban J connectivity index is 1.64. The summed E-state index contributed by atoms with van der Waals surface area (Å²) < 4.78 is 0. The summed E-state index contributed by atoms with van der Waals surface area (Å²) in [6, 6.07) is 8.58. The van der Waals surface area contributed by atoms with Crippen molar-refractivity contribution in [3.63, 3.8) is 0 Å². The Hall–Kier alpha value is -1.94. The standard InChI is InChI=1S/C15H16N4/c1-2-4-12-10-19(9-11(12)3-1)15-17-8-13-7-16-6-5-14(13)18-15/h1-4,8,16H,5-7,9-10H2. The molecule has 1 aromatic carbocycles. The zero-order chi connectivity index (χ0) is 12.7. The lowest BCUT2D eigenvalue weighted by Crippen LogP contribution is -2.26. The minimum absolute atomic E-state index is 0.872. The maximum absolute atomic E-state index is 4.75. The zero-order valence-electron chi connectivity index (χ0n) is 10.8. The Labute approximate surface area is 112 Å². The Morgan fingerprint density at radius 1 is 1.05 bits per heavy atom. The average Bonchev–Trinajstić information content (AvgIpc) is 2.90. The summed E-state index contributed by atoms with van der Waals surface area (Å²) in [7, 11) is 0. The predicted molar refractivity (Wildman–Crippen MR) is 73.8 cm³/mol. The van der Waals surface area contributed by atoms with Crippen LogP contribution in [-0.2, 0) is 26.1 Å². The van der Waals surface area contributed by atoms with Gasteiger partial charge in [-0.3, -0.25) is 0 Å². The fourth-order valence-electron chi connectivity index (χ4n) is 2.85. The van der Waals surface area contributed by atoms with E-state index in [2.05, 4.69) is 39.5 Å². The molecule has 0 atom stereocenters. The molecule has 2 aliphatic heterocycles. The fraction of sp³-hybridized carbons (Fsp3) is 0.333. The molecule has 0 spiro atoms. The van der Waals surface area contributed by atoms with Crippen molar-refractivity contribution in [3.05, 3.63) is 52.8 Å². The van der Waals surface area contributed by atoms with Gasteiger partial charge in [-0.25, -0.2) is 9.97 Å². The number of hydrogen-bond acceptors (Lipinski definition) is 4. The number of nitrogens with zero attached hydrogens (tertiary/aromatic N) is 3. The summed E-state index contributed by atoms with van der Waals surface area (Å²) >= 11 is 0. The van der Waals surface area contributed by atoms with Gasteiger partial charge in [-0.1, -0.05) is 24.3 Å². The van der Waals surface area contributed by atoms with Gasteiger partial charge in [-0.15, -0.1) is 0 Å². The fourth-order valence-corrected chi connectivity index (χ4v) is 2.85. The molecule has 4 rings (SSSR count). The molecule has 0 aliphatic carbocycles. The van der Waals surface area contributed by atoms with Crippen LogP contribution in [0.4, 0.5) is 5.95 Å². The molecule has 19 heavy (non-hydrogen) atoms. The monoisotopic (exact) mass is 252 g/mol. The van der Waals surface area contributed by atoms with Crippen molar-refractivity contribution in [2.45, 2.75) is 26.1 Å². The number of benzene rings is 1. The van der Waals surface area contributed by atoms with Crippen LogP contribution < -0.4 is 10.2 Å². The lowest BCUT2D eigenvalue weighted by atomic mass is 10.1. The van der Waals surface area contributed by atoms with Crippen LogP contribution in [0.3, 0.4) is 0 Å². The van der Waals surface area contributed by atoms with Crippen molar-refractivity contribution in [1.82, 2.24) is 15.3 Å². The molecule has 1 N–H and O–H groups in total. The molecule has 0 unspecified atom stereocenters. The quantitative estimate of drug-likeness (QED) is 0.837. The first-order valence-electron chi connectivity index (χ1n) is 6.77. The molecule has 1 aromatic heterocycles. The van der Waals surface area contributed by atoms with E-state index in [1.54, 1.807) is 0 Å². The van der Waals surface area contributed by atoms with E-state index < -0.39 is 0 Å². The molecule has 2 aliphatic rings. The molecule has 0 fully saturated rings. The molecule has 96 valence electrons. The van der Waals surface area contributed by atoms with Crippen LogP contribution >= 0.6 is 0 Å². The Kier molecular flexibility index (Phi) is 2.48. The van der Waals surface area contributed by atoms with Gasteiger partial charge >= 0.3 is 0 Å². The SMILES string of the molecule is c1ccc2c(c1)CN(c1ncc3c(n1)CCNC3)C2. The molecule has 3 heterocycles. The molecule has 0 saturated heterocycles. The highest BCUT2D eigenvalue weighted by molar-refractivity contribution is 5.44. The number of aromatic nitrogens is 2. The normalized spacial score (nSPS) is 17.2. The van der Waals surface area contributed by atoms with Crippen LogP contribution in [0.1, 0.15) is 22.4 Å². The number of fused-ring (bicyclic) bond motifs is 2. The minimum atomic E-state index is 0.872. The molecule has 0 bridgehead atoms. The van der Waals surface area contributed by atoms with Crippen molar-refractivity contribution in [3.8, 4) is 0 Å². The summed E-state index contributed by atoms with van der Waals surface area (Å²) in [5.41, 5.74) is 5.24. The van der Waals surface area contributed by atoms with E-state index in [9.17, 15) is 0 Å². The summed E-state index contributed by atoms with van der Waals surface area (Å²) in [5.74, 6) is 0.872. The summed E-state index contributed by atoms with van der Waals surface area (Å²) in [6.07, 6.45) is 2.98. The molecular weight excluding hydrogens is 236 g/mol. The molecule has 0 radical (unpaired) electrons. The first-order chi connectivity index (χ1) is 9.40. The van der Waals surface area contributed by atoms with Gasteiger partial charge in [0.25, 0.3) is 0 Å². The number of nitrogens with one attached hydrogen (secondary N) is 1. The molecule has 2 aromatic rings. The third kappa shape index (κ3) is 1.88. The van der Waals surface area contributed by atoms with Gasteiger partial charge in [0.05, 0.1) is 5.69 Å². The van der Waals surface area contributed by atoms with E-state index >= 15 is 0 Å².